The largest absolute Gasteiger partial charge is 0.490 e. The number of halogens is 2. The highest BCUT2D eigenvalue weighted by Crippen LogP contribution is 2.36. The molecule has 2 aromatic rings. The summed E-state index contributed by atoms with van der Waals surface area (Å²) in [6.45, 7) is 4.59. The van der Waals surface area contributed by atoms with Gasteiger partial charge in [-0.2, -0.15) is 0 Å². The van der Waals surface area contributed by atoms with E-state index in [4.69, 9.17) is 27.9 Å². The zero-order chi connectivity index (χ0) is 13.1. The molecule has 2 rings (SSSR count). The standard InChI is InChI=1S/C13H14Cl2N2O/c1-3-4-5-18-13-10(15)6-9(14)11-12(13)17-8(2)7-16-11/h6-7H,3-5H2,1-2H3. The molecule has 0 aliphatic rings. The first-order chi connectivity index (χ1) is 8.63. The van der Waals surface area contributed by atoms with E-state index in [1.165, 1.54) is 0 Å². The van der Waals surface area contributed by atoms with Crippen molar-refractivity contribution in [1.82, 2.24) is 9.97 Å². The average molecular weight is 285 g/mol. The van der Waals surface area contributed by atoms with Crippen LogP contribution in [-0.4, -0.2) is 16.6 Å². The Morgan fingerprint density at radius 3 is 2.72 bits per heavy atom. The first-order valence-electron chi connectivity index (χ1n) is 5.87. The van der Waals surface area contributed by atoms with Gasteiger partial charge in [-0.25, -0.2) is 4.98 Å². The summed E-state index contributed by atoms with van der Waals surface area (Å²) < 4.78 is 5.71. The lowest BCUT2D eigenvalue weighted by atomic mass is 10.2. The molecule has 0 N–H and O–H groups in total. The predicted molar refractivity (Wildman–Crippen MR) is 74.7 cm³/mol. The van der Waals surface area contributed by atoms with Crippen molar-refractivity contribution in [3.05, 3.63) is 28.0 Å². The molecule has 1 aromatic heterocycles. The van der Waals surface area contributed by atoms with Gasteiger partial charge in [-0.3, -0.25) is 4.98 Å². The van der Waals surface area contributed by atoms with Crippen molar-refractivity contribution >= 4 is 34.2 Å². The minimum Gasteiger partial charge on any atom is -0.490 e. The molecule has 5 heteroatoms. The maximum absolute atomic E-state index is 6.16. The van der Waals surface area contributed by atoms with Gasteiger partial charge in [-0.05, 0) is 19.4 Å². The Kier molecular flexibility index (Phi) is 4.25. The maximum Gasteiger partial charge on any atom is 0.165 e. The Balaban J connectivity index is 2.52. The van der Waals surface area contributed by atoms with Crippen LogP contribution in [0.25, 0.3) is 11.0 Å². The van der Waals surface area contributed by atoms with Gasteiger partial charge in [0, 0.05) is 6.20 Å². The van der Waals surface area contributed by atoms with Crippen molar-refractivity contribution in [2.24, 2.45) is 0 Å². The SMILES string of the molecule is CCCCOc1c(Cl)cc(Cl)c2ncc(C)nc12. The zero-order valence-corrected chi connectivity index (χ0v) is 11.8. The Morgan fingerprint density at radius 1 is 1.22 bits per heavy atom. The molecule has 0 radical (unpaired) electrons. The number of unbranched alkanes of at least 4 members (excludes halogenated alkanes) is 1. The van der Waals surface area contributed by atoms with Gasteiger partial charge in [0.05, 0.1) is 22.3 Å². The third kappa shape index (κ3) is 2.68. The van der Waals surface area contributed by atoms with E-state index in [9.17, 15) is 0 Å². The van der Waals surface area contributed by atoms with Gasteiger partial charge in [0.25, 0.3) is 0 Å². The van der Waals surface area contributed by atoms with Crippen LogP contribution in [0.15, 0.2) is 12.3 Å². The second-order valence-corrected chi connectivity index (χ2v) is 4.89. The normalized spacial score (nSPS) is 10.9. The topological polar surface area (TPSA) is 35.0 Å². The second kappa shape index (κ2) is 5.72. The predicted octanol–water partition coefficient (Wildman–Crippen LogP) is 4.42. The minimum atomic E-state index is 0.475. The molecule has 0 aliphatic carbocycles. The number of rotatable bonds is 4. The van der Waals surface area contributed by atoms with Crippen LogP contribution in [0.2, 0.25) is 10.0 Å². The van der Waals surface area contributed by atoms with Crippen LogP contribution in [0, 0.1) is 6.92 Å². The van der Waals surface area contributed by atoms with E-state index >= 15 is 0 Å². The molecule has 1 heterocycles. The highest BCUT2D eigenvalue weighted by atomic mass is 35.5. The summed E-state index contributed by atoms with van der Waals surface area (Å²) in [6.07, 6.45) is 3.71. The van der Waals surface area contributed by atoms with Crippen LogP contribution in [-0.2, 0) is 0 Å². The number of hydrogen-bond acceptors (Lipinski definition) is 3. The second-order valence-electron chi connectivity index (χ2n) is 4.08. The fourth-order valence-corrected chi connectivity index (χ4v) is 2.18. The van der Waals surface area contributed by atoms with Gasteiger partial charge in [0.2, 0.25) is 0 Å². The van der Waals surface area contributed by atoms with Crippen molar-refractivity contribution in [2.75, 3.05) is 6.61 Å². The van der Waals surface area contributed by atoms with Crippen molar-refractivity contribution in [1.29, 1.82) is 0 Å². The van der Waals surface area contributed by atoms with Crippen LogP contribution in [0.1, 0.15) is 25.5 Å². The minimum absolute atomic E-state index is 0.475. The fourth-order valence-electron chi connectivity index (χ4n) is 1.62. The summed E-state index contributed by atoms with van der Waals surface area (Å²) in [5.74, 6) is 0.570. The molecular weight excluding hydrogens is 271 g/mol. The van der Waals surface area contributed by atoms with E-state index in [0.29, 0.717) is 33.4 Å². The summed E-state index contributed by atoms with van der Waals surface area (Å²) in [5, 5.41) is 0.967. The molecular formula is C13H14Cl2N2O. The van der Waals surface area contributed by atoms with Gasteiger partial charge in [-0.15, -0.1) is 0 Å². The first-order valence-corrected chi connectivity index (χ1v) is 6.63. The number of ether oxygens (including phenoxy) is 1. The molecule has 0 saturated carbocycles. The van der Waals surface area contributed by atoms with E-state index < -0.39 is 0 Å². The summed E-state index contributed by atoms with van der Waals surface area (Å²) in [7, 11) is 0. The van der Waals surface area contributed by atoms with Crippen LogP contribution in [0.3, 0.4) is 0 Å². The monoisotopic (exact) mass is 284 g/mol. The molecule has 3 nitrogen and oxygen atoms in total. The lowest BCUT2D eigenvalue weighted by Crippen LogP contribution is -2.00. The van der Waals surface area contributed by atoms with Crippen LogP contribution >= 0.6 is 23.2 Å². The number of benzene rings is 1. The molecule has 0 aliphatic heterocycles. The molecule has 1 aromatic carbocycles. The quantitative estimate of drug-likeness (QED) is 0.780. The van der Waals surface area contributed by atoms with E-state index in [2.05, 4.69) is 16.9 Å². The Bertz CT molecular complexity index is 572. The number of aryl methyl sites for hydroxylation is 1. The molecule has 0 saturated heterocycles. The molecule has 18 heavy (non-hydrogen) atoms. The molecule has 0 fully saturated rings. The first kappa shape index (κ1) is 13.4. The fraction of sp³-hybridized carbons (Fsp3) is 0.385. The molecule has 0 amide bonds. The molecule has 0 atom stereocenters. The highest BCUT2D eigenvalue weighted by molar-refractivity contribution is 6.39. The Morgan fingerprint density at radius 2 is 2.00 bits per heavy atom. The maximum atomic E-state index is 6.16. The smallest absolute Gasteiger partial charge is 0.165 e. The summed E-state index contributed by atoms with van der Waals surface area (Å²) in [6, 6.07) is 1.65. The van der Waals surface area contributed by atoms with Gasteiger partial charge < -0.3 is 4.74 Å². The Labute approximate surface area is 116 Å². The van der Waals surface area contributed by atoms with E-state index in [-0.39, 0.29) is 0 Å². The third-order valence-corrected chi connectivity index (χ3v) is 3.12. The van der Waals surface area contributed by atoms with E-state index in [1.54, 1.807) is 12.3 Å². The van der Waals surface area contributed by atoms with Gasteiger partial charge >= 0.3 is 0 Å². The van der Waals surface area contributed by atoms with Crippen LogP contribution in [0.4, 0.5) is 0 Å². The van der Waals surface area contributed by atoms with Gasteiger partial charge in [-0.1, -0.05) is 36.5 Å². The number of aromatic nitrogens is 2. The van der Waals surface area contributed by atoms with Gasteiger partial charge in [0.1, 0.15) is 11.0 Å². The highest BCUT2D eigenvalue weighted by Gasteiger charge is 2.14. The van der Waals surface area contributed by atoms with Gasteiger partial charge in [0.15, 0.2) is 5.75 Å². The summed E-state index contributed by atoms with van der Waals surface area (Å²) in [5.41, 5.74) is 2.06. The lowest BCUT2D eigenvalue weighted by Gasteiger charge is -2.11. The number of fused-ring (bicyclic) bond motifs is 1. The van der Waals surface area contributed by atoms with Crippen molar-refractivity contribution in [2.45, 2.75) is 26.7 Å². The van der Waals surface area contributed by atoms with Crippen molar-refractivity contribution in [3.8, 4) is 5.75 Å². The molecule has 0 spiro atoms. The Hall–Kier alpha value is -1.06. The molecule has 0 unspecified atom stereocenters. The number of nitrogens with zero attached hydrogens (tertiary/aromatic N) is 2. The van der Waals surface area contributed by atoms with Crippen molar-refractivity contribution in [3.63, 3.8) is 0 Å². The summed E-state index contributed by atoms with van der Waals surface area (Å²) in [4.78, 5) is 8.70. The third-order valence-electron chi connectivity index (χ3n) is 2.55. The zero-order valence-electron chi connectivity index (χ0n) is 10.3. The summed E-state index contributed by atoms with van der Waals surface area (Å²) >= 11 is 12.3. The average Bonchev–Trinajstić information content (AvgIpc) is 2.33. The number of hydrogen-bond donors (Lipinski definition) is 0. The van der Waals surface area contributed by atoms with Crippen LogP contribution in [0.5, 0.6) is 5.75 Å². The lowest BCUT2D eigenvalue weighted by molar-refractivity contribution is 0.312. The van der Waals surface area contributed by atoms with Crippen LogP contribution < -0.4 is 4.74 Å². The molecule has 0 bridgehead atoms. The van der Waals surface area contributed by atoms with Crippen molar-refractivity contribution < 1.29 is 4.74 Å². The van der Waals surface area contributed by atoms with E-state index in [1.807, 2.05) is 6.92 Å². The molecule has 96 valence electrons. The van der Waals surface area contributed by atoms with E-state index in [0.717, 1.165) is 18.5 Å².